The Balaban J connectivity index is 1.46. The van der Waals surface area contributed by atoms with Crippen molar-refractivity contribution < 1.29 is 0 Å². The Morgan fingerprint density at radius 3 is 2.15 bits per heavy atom. The first-order valence-electron chi connectivity index (χ1n) is 10.6. The molecule has 0 N–H and O–H groups in total. The SMILES string of the molecule is Clc1ccc(C(Cc2ccccc2)N2CCN(C3CCCCC3)CC2)cc1. The summed E-state index contributed by atoms with van der Waals surface area (Å²) in [5.74, 6) is 0. The average Bonchev–Trinajstić information content (AvgIpc) is 2.74. The molecule has 0 amide bonds. The number of rotatable bonds is 5. The molecule has 1 saturated carbocycles. The van der Waals surface area contributed by atoms with Crippen LogP contribution in [-0.4, -0.2) is 42.0 Å². The molecule has 3 heteroatoms. The van der Waals surface area contributed by atoms with Crippen LogP contribution in [0, 0.1) is 0 Å². The molecule has 144 valence electrons. The molecule has 0 bridgehead atoms. The minimum atomic E-state index is 0.429. The molecule has 1 saturated heterocycles. The summed E-state index contributed by atoms with van der Waals surface area (Å²) < 4.78 is 0. The molecule has 2 nitrogen and oxygen atoms in total. The fourth-order valence-corrected chi connectivity index (χ4v) is 4.97. The van der Waals surface area contributed by atoms with E-state index in [2.05, 4.69) is 52.3 Å². The van der Waals surface area contributed by atoms with Crippen LogP contribution in [0.1, 0.15) is 49.3 Å². The molecule has 0 spiro atoms. The molecule has 2 aromatic carbocycles. The van der Waals surface area contributed by atoms with Gasteiger partial charge in [0.15, 0.2) is 0 Å². The van der Waals surface area contributed by atoms with E-state index < -0.39 is 0 Å². The fraction of sp³-hybridized carbons (Fsp3) is 0.500. The molecule has 27 heavy (non-hydrogen) atoms. The van der Waals surface area contributed by atoms with Gasteiger partial charge in [0.05, 0.1) is 0 Å². The summed E-state index contributed by atoms with van der Waals surface area (Å²) in [5, 5.41) is 0.819. The lowest BCUT2D eigenvalue weighted by Gasteiger charge is -2.43. The molecule has 0 radical (unpaired) electrons. The van der Waals surface area contributed by atoms with Crippen molar-refractivity contribution in [2.24, 2.45) is 0 Å². The quantitative estimate of drug-likeness (QED) is 0.666. The van der Waals surface area contributed by atoms with E-state index in [1.807, 2.05) is 12.1 Å². The predicted octanol–water partition coefficient (Wildman–Crippen LogP) is 5.57. The Morgan fingerprint density at radius 2 is 1.48 bits per heavy atom. The molecule has 2 fully saturated rings. The molecule has 1 atom stereocenters. The van der Waals surface area contributed by atoms with Crippen LogP contribution in [0.4, 0.5) is 0 Å². The van der Waals surface area contributed by atoms with Crippen molar-refractivity contribution in [3.8, 4) is 0 Å². The van der Waals surface area contributed by atoms with Gasteiger partial charge in [0.25, 0.3) is 0 Å². The third-order valence-corrected chi connectivity index (χ3v) is 6.66. The average molecular weight is 383 g/mol. The fourth-order valence-electron chi connectivity index (χ4n) is 4.84. The third kappa shape index (κ3) is 4.93. The predicted molar refractivity (Wildman–Crippen MR) is 114 cm³/mol. The lowest BCUT2D eigenvalue weighted by molar-refractivity contribution is 0.0559. The normalized spacial score (nSPS) is 21.2. The number of nitrogens with zero attached hydrogens (tertiary/aromatic N) is 2. The van der Waals surface area contributed by atoms with Crippen molar-refractivity contribution in [2.45, 2.75) is 50.6 Å². The minimum Gasteiger partial charge on any atom is -0.298 e. The molecule has 4 rings (SSSR count). The van der Waals surface area contributed by atoms with Crippen LogP contribution in [0.2, 0.25) is 5.02 Å². The standard InChI is InChI=1S/C24H31ClN2/c25-22-13-11-21(12-14-22)24(19-20-7-3-1-4-8-20)27-17-15-26(16-18-27)23-9-5-2-6-10-23/h1,3-4,7-8,11-14,23-24H,2,5-6,9-10,15-19H2. The third-order valence-electron chi connectivity index (χ3n) is 6.41. The number of benzene rings is 2. The molecule has 0 aromatic heterocycles. The van der Waals surface area contributed by atoms with E-state index in [1.165, 1.54) is 56.3 Å². The highest BCUT2D eigenvalue weighted by molar-refractivity contribution is 6.30. The summed E-state index contributed by atoms with van der Waals surface area (Å²) >= 11 is 6.15. The maximum atomic E-state index is 6.15. The van der Waals surface area contributed by atoms with Crippen LogP contribution in [-0.2, 0) is 6.42 Å². The van der Waals surface area contributed by atoms with Crippen LogP contribution in [0.15, 0.2) is 54.6 Å². The lowest BCUT2D eigenvalue weighted by atomic mass is 9.93. The van der Waals surface area contributed by atoms with E-state index >= 15 is 0 Å². The van der Waals surface area contributed by atoms with Crippen molar-refractivity contribution in [3.63, 3.8) is 0 Å². The van der Waals surface area contributed by atoms with Crippen LogP contribution in [0.25, 0.3) is 0 Å². The summed E-state index contributed by atoms with van der Waals surface area (Å²) in [7, 11) is 0. The minimum absolute atomic E-state index is 0.429. The van der Waals surface area contributed by atoms with Crippen molar-refractivity contribution in [1.82, 2.24) is 9.80 Å². The first-order valence-corrected chi connectivity index (χ1v) is 10.9. The summed E-state index contributed by atoms with van der Waals surface area (Å²) in [6, 6.07) is 20.7. The Morgan fingerprint density at radius 1 is 0.815 bits per heavy atom. The van der Waals surface area contributed by atoms with Gasteiger partial charge < -0.3 is 0 Å². The monoisotopic (exact) mass is 382 g/mol. The number of hydrogen-bond acceptors (Lipinski definition) is 2. The number of halogens is 1. The van der Waals surface area contributed by atoms with Crippen LogP contribution >= 0.6 is 11.6 Å². The molecule has 1 unspecified atom stereocenters. The second-order valence-corrected chi connectivity index (χ2v) is 8.56. The maximum Gasteiger partial charge on any atom is 0.0406 e. The number of piperazine rings is 1. The van der Waals surface area contributed by atoms with Crippen LogP contribution in [0.3, 0.4) is 0 Å². The zero-order valence-electron chi connectivity index (χ0n) is 16.2. The van der Waals surface area contributed by atoms with Gasteiger partial charge in [-0.15, -0.1) is 0 Å². The van der Waals surface area contributed by atoms with E-state index in [9.17, 15) is 0 Å². The van der Waals surface area contributed by atoms with Gasteiger partial charge in [-0.1, -0.05) is 73.3 Å². The zero-order valence-corrected chi connectivity index (χ0v) is 17.0. The Kier molecular flexibility index (Phi) is 6.49. The highest BCUT2D eigenvalue weighted by atomic mass is 35.5. The van der Waals surface area contributed by atoms with E-state index in [-0.39, 0.29) is 0 Å². The first-order chi connectivity index (χ1) is 13.3. The Hall–Kier alpha value is -1.35. The smallest absolute Gasteiger partial charge is 0.0406 e. The highest BCUT2D eigenvalue weighted by Crippen LogP contribution is 2.29. The van der Waals surface area contributed by atoms with E-state index in [0.29, 0.717) is 6.04 Å². The van der Waals surface area contributed by atoms with Gasteiger partial charge >= 0.3 is 0 Å². The van der Waals surface area contributed by atoms with Crippen molar-refractivity contribution in [3.05, 3.63) is 70.7 Å². The summed E-state index contributed by atoms with van der Waals surface area (Å²) in [4.78, 5) is 5.45. The van der Waals surface area contributed by atoms with Gasteiger partial charge in [0, 0.05) is 43.3 Å². The van der Waals surface area contributed by atoms with E-state index in [1.54, 1.807) is 0 Å². The Bertz CT molecular complexity index is 686. The second-order valence-electron chi connectivity index (χ2n) is 8.12. The van der Waals surface area contributed by atoms with Gasteiger partial charge in [-0.05, 0) is 42.5 Å². The van der Waals surface area contributed by atoms with Crippen LogP contribution < -0.4 is 0 Å². The van der Waals surface area contributed by atoms with Crippen LogP contribution in [0.5, 0.6) is 0 Å². The molecule has 1 aliphatic carbocycles. The van der Waals surface area contributed by atoms with E-state index in [4.69, 9.17) is 11.6 Å². The molecule has 1 heterocycles. The number of hydrogen-bond donors (Lipinski definition) is 0. The maximum absolute atomic E-state index is 6.15. The van der Waals surface area contributed by atoms with Gasteiger partial charge in [0.1, 0.15) is 0 Å². The van der Waals surface area contributed by atoms with Gasteiger partial charge in [0.2, 0.25) is 0 Å². The molecular formula is C24H31ClN2. The summed E-state index contributed by atoms with van der Waals surface area (Å²) in [6.45, 7) is 4.75. The molecular weight excluding hydrogens is 352 g/mol. The summed E-state index contributed by atoms with van der Waals surface area (Å²) in [6.07, 6.45) is 8.16. The molecule has 2 aliphatic rings. The van der Waals surface area contributed by atoms with E-state index in [0.717, 1.165) is 30.6 Å². The van der Waals surface area contributed by atoms with Crippen molar-refractivity contribution in [2.75, 3.05) is 26.2 Å². The zero-order chi connectivity index (χ0) is 18.5. The van der Waals surface area contributed by atoms with Gasteiger partial charge in [-0.3, -0.25) is 9.80 Å². The van der Waals surface area contributed by atoms with Crippen molar-refractivity contribution in [1.29, 1.82) is 0 Å². The van der Waals surface area contributed by atoms with Gasteiger partial charge in [-0.2, -0.15) is 0 Å². The highest BCUT2D eigenvalue weighted by Gasteiger charge is 2.29. The summed E-state index contributed by atoms with van der Waals surface area (Å²) in [5.41, 5.74) is 2.79. The first kappa shape index (κ1) is 19.0. The van der Waals surface area contributed by atoms with Crippen molar-refractivity contribution >= 4 is 11.6 Å². The second kappa shape index (κ2) is 9.23. The molecule has 2 aromatic rings. The lowest BCUT2D eigenvalue weighted by Crippen LogP contribution is -2.51. The largest absolute Gasteiger partial charge is 0.298 e. The topological polar surface area (TPSA) is 6.48 Å². The Labute approximate surface area is 169 Å². The van der Waals surface area contributed by atoms with Gasteiger partial charge in [-0.25, -0.2) is 0 Å². The molecule has 1 aliphatic heterocycles.